The summed E-state index contributed by atoms with van der Waals surface area (Å²) in [5, 5.41) is 3.79. The van der Waals surface area contributed by atoms with Crippen LogP contribution in [0.3, 0.4) is 0 Å². The molecule has 1 aliphatic heterocycles. The van der Waals surface area contributed by atoms with Crippen molar-refractivity contribution >= 4 is 34.1 Å². The standard InChI is InChI=1S/C25H28N4O3/c1-16-12-20(9-10-22(16)27-17(2)30)32-15-24(31)29-11-5-7-19(14-29)25-21(26)13-18-6-3-4-8-23(18)28-25/h3-4,6,8-10,12-13,19H,5,7,11,14-15,26H2,1-2H3,(H,27,30). The number of rotatable bonds is 5. The van der Waals surface area contributed by atoms with Gasteiger partial charge in [-0.15, -0.1) is 0 Å². The number of nitrogens with one attached hydrogen (secondary N) is 1. The molecule has 1 aromatic heterocycles. The van der Waals surface area contributed by atoms with Gasteiger partial charge in [-0.25, -0.2) is 0 Å². The Balaban J connectivity index is 1.40. The number of likely N-dealkylation sites (tertiary alicyclic amines) is 1. The predicted molar refractivity (Wildman–Crippen MR) is 126 cm³/mol. The Kier molecular flexibility index (Phi) is 6.25. The lowest BCUT2D eigenvalue weighted by molar-refractivity contribution is -0.134. The van der Waals surface area contributed by atoms with Crippen LogP contribution in [0.5, 0.6) is 5.75 Å². The van der Waals surface area contributed by atoms with E-state index < -0.39 is 0 Å². The minimum atomic E-state index is -0.127. The molecule has 7 nitrogen and oxygen atoms in total. The van der Waals surface area contributed by atoms with Crippen LogP contribution in [0.15, 0.2) is 48.5 Å². The number of carbonyl (C=O) groups excluding carboxylic acids is 2. The Morgan fingerprint density at radius 2 is 2.03 bits per heavy atom. The number of hydrogen-bond donors (Lipinski definition) is 2. The van der Waals surface area contributed by atoms with E-state index in [1.54, 1.807) is 12.1 Å². The number of anilines is 2. The summed E-state index contributed by atoms with van der Waals surface area (Å²) in [4.78, 5) is 30.7. The van der Waals surface area contributed by atoms with Gasteiger partial charge in [-0.3, -0.25) is 14.6 Å². The molecule has 4 rings (SSSR count). The van der Waals surface area contributed by atoms with E-state index in [-0.39, 0.29) is 24.3 Å². The Bertz CT molecular complexity index is 1160. The minimum Gasteiger partial charge on any atom is -0.484 e. The molecule has 0 bridgehead atoms. The topological polar surface area (TPSA) is 97.5 Å². The van der Waals surface area contributed by atoms with Crippen molar-refractivity contribution in [2.75, 3.05) is 30.7 Å². The highest BCUT2D eigenvalue weighted by molar-refractivity contribution is 5.89. The van der Waals surface area contributed by atoms with Gasteiger partial charge in [0.25, 0.3) is 5.91 Å². The van der Waals surface area contributed by atoms with E-state index in [0.717, 1.165) is 40.7 Å². The molecule has 3 N–H and O–H groups in total. The lowest BCUT2D eigenvalue weighted by atomic mass is 9.92. The van der Waals surface area contributed by atoms with E-state index in [0.29, 0.717) is 24.5 Å². The number of pyridine rings is 1. The van der Waals surface area contributed by atoms with Gasteiger partial charge < -0.3 is 20.7 Å². The molecule has 3 aromatic rings. The fourth-order valence-electron chi connectivity index (χ4n) is 4.19. The minimum absolute atomic E-state index is 0.0354. The first-order chi connectivity index (χ1) is 15.4. The van der Waals surface area contributed by atoms with Gasteiger partial charge in [-0.2, -0.15) is 0 Å². The molecular weight excluding hydrogens is 404 g/mol. The highest BCUT2D eigenvalue weighted by Gasteiger charge is 2.27. The first-order valence-electron chi connectivity index (χ1n) is 10.8. The number of amides is 2. The monoisotopic (exact) mass is 432 g/mol. The van der Waals surface area contributed by atoms with E-state index in [1.807, 2.05) is 48.2 Å². The van der Waals surface area contributed by atoms with Gasteiger partial charge in [-0.05, 0) is 55.7 Å². The maximum absolute atomic E-state index is 12.8. The zero-order valence-electron chi connectivity index (χ0n) is 18.4. The van der Waals surface area contributed by atoms with Gasteiger partial charge in [-0.1, -0.05) is 18.2 Å². The molecule has 0 aliphatic carbocycles. The number of hydrogen-bond acceptors (Lipinski definition) is 5. The molecule has 0 spiro atoms. The lowest BCUT2D eigenvalue weighted by Crippen LogP contribution is -2.41. The summed E-state index contributed by atoms with van der Waals surface area (Å²) in [7, 11) is 0. The van der Waals surface area contributed by atoms with Crippen molar-refractivity contribution < 1.29 is 14.3 Å². The number of aryl methyl sites for hydroxylation is 1. The fourth-order valence-corrected chi connectivity index (χ4v) is 4.19. The third-order valence-electron chi connectivity index (χ3n) is 5.82. The molecule has 7 heteroatoms. The molecule has 2 aromatic carbocycles. The number of para-hydroxylation sites is 1. The second-order valence-corrected chi connectivity index (χ2v) is 8.28. The Hall–Kier alpha value is -3.61. The molecule has 1 saturated heterocycles. The summed E-state index contributed by atoms with van der Waals surface area (Å²) in [6.45, 7) is 4.60. The molecule has 2 amide bonds. The predicted octanol–water partition coefficient (Wildman–Crippen LogP) is 3.87. The second-order valence-electron chi connectivity index (χ2n) is 8.28. The van der Waals surface area contributed by atoms with E-state index in [4.69, 9.17) is 15.5 Å². The van der Waals surface area contributed by atoms with Gasteiger partial charge in [0.05, 0.1) is 16.9 Å². The summed E-state index contributed by atoms with van der Waals surface area (Å²) in [6, 6.07) is 15.2. The van der Waals surface area contributed by atoms with E-state index in [1.165, 1.54) is 6.92 Å². The van der Waals surface area contributed by atoms with Crippen LogP contribution in [-0.2, 0) is 9.59 Å². The molecule has 1 aliphatic rings. The van der Waals surface area contributed by atoms with Crippen molar-refractivity contribution in [3.05, 3.63) is 59.8 Å². The maximum Gasteiger partial charge on any atom is 0.260 e. The summed E-state index contributed by atoms with van der Waals surface area (Å²) in [6.07, 6.45) is 1.85. The molecule has 2 heterocycles. The first kappa shape index (κ1) is 21.6. The zero-order chi connectivity index (χ0) is 22.7. The molecule has 0 radical (unpaired) electrons. The smallest absolute Gasteiger partial charge is 0.260 e. The van der Waals surface area contributed by atoms with Crippen LogP contribution in [-0.4, -0.2) is 41.4 Å². The van der Waals surface area contributed by atoms with Crippen molar-refractivity contribution in [1.82, 2.24) is 9.88 Å². The quantitative estimate of drug-likeness (QED) is 0.638. The third-order valence-corrected chi connectivity index (χ3v) is 5.82. The average molecular weight is 433 g/mol. The fraction of sp³-hybridized carbons (Fsp3) is 0.320. The number of fused-ring (bicyclic) bond motifs is 1. The number of aromatic nitrogens is 1. The van der Waals surface area contributed by atoms with Crippen LogP contribution in [0.2, 0.25) is 0 Å². The summed E-state index contributed by atoms with van der Waals surface area (Å²) < 4.78 is 5.74. The van der Waals surface area contributed by atoms with Gasteiger partial charge in [0, 0.05) is 37.0 Å². The largest absolute Gasteiger partial charge is 0.484 e. The van der Waals surface area contributed by atoms with Crippen LogP contribution in [0.1, 0.15) is 36.9 Å². The molecule has 0 saturated carbocycles. The van der Waals surface area contributed by atoms with Crippen LogP contribution in [0.4, 0.5) is 11.4 Å². The van der Waals surface area contributed by atoms with E-state index >= 15 is 0 Å². The van der Waals surface area contributed by atoms with Crippen LogP contribution in [0.25, 0.3) is 10.9 Å². The highest BCUT2D eigenvalue weighted by Crippen LogP contribution is 2.31. The number of carbonyl (C=O) groups is 2. The number of nitrogens with zero attached hydrogens (tertiary/aromatic N) is 2. The van der Waals surface area contributed by atoms with Crippen molar-refractivity contribution in [2.24, 2.45) is 0 Å². The number of nitrogens with two attached hydrogens (primary N) is 1. The molecule has 32 heavy (non-hydrogen) atoms. The maximum atomic E-state index is 12.8. The highest BCUT2D eigenvalue weighted by atomic mass is 16.5. The molecule has 1 fully saturated rings. The van der Waals surface area contributed by atoms with Crippen LogP contribution in [0, 0.1) is 6.92 Å². The second kappa shape index (κ2) is 9.26. The van der Waals surface area contributed by atoms with Gasteiger partial charge in [0.15, 0.2) is 6.61 Å². The van der Waals surface area contributed by atoms with Gasteiger partial charge >= 0.3 is 0 Å². The van der Waals surface area contributed by atoms with Crippen LogP contribution < -0.4 is 15.8 Å². The molecular formula is C25H28N4O3. The van der Waals surface area contributed by atoms with Crippen LogP contribution >= 0.6 is 0 Å². The average Bonchev–Trinajstić information content (AvgIpc) is 2.78. The number of benzene rings is 2. The Morgan fingerprint density at radius 1 is 1.22 bits per heavy atom. The molecule has 1 atom stereocenters. The Morgan fingerprint density at radius 3 is 2.81 bits per heavy atom. The first-order valence-corrected chi connectivity index (χ1v) is 10.8. The van der Waals surface area contributed by atoms with E-state index in [2.05, 4.69) is 5.32 Å². The zero-order valence-corrected chi connectivity index (χ0v) is 18.4. The summed E-state index contributed by atoms with van der Waals surface area (Å²) in [5.41, 5.74) is 10.4. The molecule has 166 valence electrons. The van der Waals surface area contributed by atoms with E-state index in [9.17, 15) is 9.59 Å². The van der Waals surface area contributed by atoms with Crippen molar-refractivity contribution in [3.8, 4) is 5.75 Å². The normalized spacial score (nSPS) is 16.1. The SMILES string of the molecule is CC(=O)Nc1ccc(OCC(=O)N2CCCC(c3nc4ccccc4cc3N)C2)cc1C. The third kappa shape index (κ3) is 4.82. The van der Waals surface area contributed by atoms with Gasteiger partial charge in [0.1, 0.15) is 5.75 Å². The number of nitrogen functional groups attached to an aromatic ring is 1. The number of ether oxygens (including phenoxy) is 1. The van der Waals surface area contributed by atoms with Crippen molar-refractivity contribution in [2.45, 2.75) is 32.6 Å². The Labute approximate surface area is 187 Å². The van der Waals surface area contributed by atoms with Crippen molar-refractivity contribution in [1.29, 1.82) is 0 Å². The van der Waals surface area contributed by atoms with Crippen molar-refractivity contribution in [3.63, 3.8) is 0 Å². The van der Waals surface area contributed by atoms with Gasteiger partial charge in [0.2, 0.25) is 5.91 Å². The number of piperidine rings is 1. The lowest BCUT2D eigenvalue weighted by Gasteiger charge is -2.33. The summed E-state index contributed by atoms with van der Waals surface area (Å²) >= 11 is 0. The summed E-state index contributed by atoms with van der Waals surface area (Å²) in [5.74, 6) is 0.520. The molecule has 1 unspecified atom stereocenters.